The van der Waals surface area contributed by atoms with E-state index in [1.54, 1.807) is 22.8 Å². The summed E-state index contributed by atoms with van der Waals surface area (Å²) in [6.45, 7) is 8.02. The number of urea groups is 1. The van der Waals surface area contributed by atoms with Gasteiger partial charge in [-0.3, -0.25) is 9.69 Å². The molecule has 9 nitrogen and oxygen atoms in total. The standard InChI is InChI=1S/C18H25N7O2/c1-12(2)10-24-17(27)22(4)16(26)18(24)5-7-23(8-6-18)14-9-13(3)21-25-11-19-20-15(14)25/h9,11-12H,5-8,10H2,1-4H3. The van der Waals surface area contributed by atoms with Crippen LogP contribution in [0, 0.1) is 12.8 Å². The molecule has 0 saturated carbocycles. The lowest BCUT2D eigenvalue weighted by Gasteiger charge is -2.43. The second kappa shape index (κ2) is 6.17. The number of carbonyl (C=O) groups excluding carboxylic acids is 2. The molecule has 4 heterocycles. The van der Waals surface area contributed by atoms with Gasteiger partial charge in [-0.1, -0.05) is 13.8 Å². The molecule has 144 valence electrons. The largest absolute Gasteiger partial charge is 0.368 e. The van der Waals surface area contributed by atoms with E-state index in [-0.39, 0.29) is 11.9 Å². The Morgan fingerprint density at radius 3 is 2.59 bits per heavy atom. The average molecular weight is 371 g/mol. The van der Waals surface area contributed by atoms with Crippen LogP contribution in [0.2, 0.25) is 0 Å². The summed E-state index contributed by atoms with van der Waals surface area (Å²) in [6, 6.07) is 1.82. The van der Waals surface area contributed by atoms with Crippen LogP contribution in [0.3, 0.4) is 0 Å². The fourth-order valence-corrected chi connectivity index (χ4v) is 4.26. The molecule has 0 unspecified atom stereocenters. The second-order valence-electron chi connectivity index (χ2n) is 7.94. The van der Waals surface area contributed by atoms with Crippen molar-refractivity contribution in [1.29, 1.82) is 0 Å². The normalized spacial score (nSPS) is 20.0. The number of hydrogen-bond donors (Lipinski definition) is 0. The summed E-state index contributed by atoms with van der Waals surface area (Å²) in [5.41, 5.74) is 1.83. The number of aryl methyl sites for hydroxylation is 1. The maximum Gasteiger partial charge on any atom is 0.327 e. The van der Waals surface area contributed by atoms with Crippen LogP contribution in [0.15, 0.2) is 12.4 Å². The lowest BCUT2D eigenvalue weighted by molar-refractivity contribution is -0.133. The Labute approximate surface area is 157 Å². The van der Waals surface area contributed by atoms with E-state index in [2.05, 4.69) is 34.0 Å². The minimum Gasteiger partial charge on any atom is -0.368 e. The van der Waals surface area contributed by atoms with Crippen LogP contribution < -0.4 is 4.90 Å². The number of rotatable bonds is 3. The highest BCUT2D eigenvalue weighted by molar-refractivity contribution is 6.07. The van der Waals surface area contributed by atoms with Gasteiger partial charge in [-0.2, -0.15) is 9.61 Å². The molecule has 2 aliphatic rings. The maximum atomic E-state index is 13.0. The number of aromatic nitrogens is 4. The first-order valence-corrected chi connectivity index (χ1v) is 9.36. The van der Waals surface area contributed by atoms with Gasteiger partial charge in [0.2, 0.25) is 5.65 Å². The summed E-state index contributed by atoms with van der Waals surface area (Å²) in [7, 11) is 1.59. The molecule has 0 radical (unpaired) electrons. The van der Waals surface area contributed by atoms with Gasteiger partial charge in [-0.15, -0.1) is 10.2 Å². The van der Waals surface area contributed by atoms with Gasteiger partial charge in [0.1, 0.15) is 11.9 Å². The van der Waals surface area contributed by atoms with Gasteiger partial charge < -0.3 is 9.80 Å². The van der Waals surface area contributed by atoms with Gasteiger partial charge in [0.05, 0.1) is 11.4 Å². The lowest BCUT2D eigenvalue weighted by atomic mass is 9.85. The van der Waals surface area contributed by atoms with E-state index in [9.17, 15) is 9.59 Å². The number of hydrogen-bond acceptors (Lipinski definition) is 6. The zero-order chi connectivity index (χ0) is 19.3. The van der Waals surface area contributed by atoms with Crippen molar-refractivity contribution in [3.8, 4) is 0 Å². The van der Waals surface area contributed by atoms with Crippen LogP contribution in [0.25, 0.3) is 5.65 Å². The van der Waals surface area contributed by atoms with Crippen LogP contribution in [-0.2, 0) is 4.79 Å². The topological polar surface area (TPSA) is 86.9 Å². The first-order chi connectivity index (χ1) is 12.8. The Hall–Kier alpha value is -2.71. The van der Waals surface area contributed by atoms with Crippen molar-refractivity contribution in [2.75, 3.05) is 31.6 Å². The molecule has 27 heavy (non-hydrogen) atoms. The lowest BCUT2D eigenvalue weighted by Crippen LogP contribution is -2.57. The summed E-state index contributed by atoms with van der Waals surface area (Å²) in [4.78, 5) is 30.9. The first-order valence-electron chi connectivity index (χ1n) is 9.36. The van der Waals surface area contributed by atoms with Gasteiger partial charge >= 0.3 is 6.03 Å². The van der Waals surface area contributed by atoms with E-state index in [4.69, 9.17) is 0 Å². The molecular formula is C18H25N7O2. The van der Waals surface area contributed by atoms with Crippen molar-refractivity contribution in [3.05, 3.63) is 18.1 Å². The van der Waals surface area contributed by atoms with Crippen molar-refractivity contribution in [3.63, 3.8) is 0 Å². The zero-order valence-electron chi connectivity index (χ0n) is 16.2. The molecule has 0 aliphatic carbocycles. The molecule has 0 atom stereocenters. The van der Waals surface area contributed by atoms with Gasteiger partial charge in [-0.05, 0) is 31.7 Å². The average Bonchev–Trinajstić information content (AvgIpc) is 3.16. The monoisotopic (exact) mass is 371 g/mol. The number of anilines is 1. The molecule has 0 bridgehead atoms. The summed E-state index contributed by atoms with van der Waals surface area (Å²) in [5, 5.41) is 12.5. The smallest absolute Gasteiger partial charge is 0.327 e. The Morgan fingerprint density at radius 2 is 1.93 bits per heavy atom. The number of likely N-dealkylation sites (N-methyl/N-ethyl adjacent to an activating group) is 1. The molecule has 0 N–H and O–H groups in total. The minimum atomic E-state index is -0.724. The third-order valence-electron chi connectivity index (χ3n) is 5.59. The van der Waals surface area contributed by atoms with Crippen molar-refractivity contribution in [2.24, 2.45) is 5.92 Å². The molecular weight excluding hydrogens is 346 g/mol. The van der Waals surface area contributed by atoms with Crippen molar-refractivity contribution in [2.45, 2.75) is 39.2 Å². The fourth-order valence-electron chi connectivity index (χ4n) is 4.26. The van der Waals surface area contributed by atoms with Gasteiger partial charge in [-0.25, -0.2) is 4.79 Å². The van der Waals surface area contributed by atoms with Gasteiger partial charge in [0.25, 0.3) is 5.91 Å². The Balaban J connectivity index is 1.63. The minimum absolute atomic E-state index is 0.0775. The second-order valence-corrected chi connectivity index (χ2v) is 7.94. The molecule has 1 spiro atoms. The molecule has 4 rings (SSSR count). The van der Waals surface area contributed by atoms with Crippen LogP contribution in [0.4, 0.5) is 10.5 Å². The third kappa shape index (κ3) is 2.64. The quantitative estimate of drug-likeness (QED) is 0.757. The van der Waals surface area contributed by atoms with Crippen LogP contribution in [-0.4, -0.2) is 73.8 Å². The number of fused-ring (bicyclic) bond motifs is 1. The number of carbonyl (C=O) groups is 2. The molecule has 2 fully saturated rings. The summed E-state index contributed by atoms with van der Waals surface area (Å²) in [6.07, 6.45) is 2.81. The molecule has 0 aromatic carbocycles. The predicted molar refractivity (Wildman–Crippen MR) is 99.4 cm³/mol. The van der Waals surface area contributed by atoms with Crippen molar-refractivity contribution >= 4 is 23.3 Å². The van der Waals surface area contributed by atoms with Crippen LogP contribution in [0.5, 0.6) is 0 Å². The molecule has 9 heteroatoms. The van der Waals surface area contributed by atoms with E-state index >= 15 is 0 Å². The predicted octanol–water partition coefficient (Wildman–Crippen LogP) is 1.32. The van der Waals surface area contributed by atoms with E-state index in [1.165, 1.54) is 4.90 Å². The number of nitrogens with zero attached hydrogens (tertiary/aromatic N) is 7. The fraction of sp³-hybridized carbons (Fsp3) is 0.611. The highest BCUT2D eigenvalue weighted by Gasteiger charge is 2.56. The Bertz CT molecular complexity index is 898. The number of piperidine rings is 1. The zero-order valence-corrected chi connectivity index (χ0v) is 16.2. The Morgan fingerprint density at radius 1 is 1.22 bits per heavy atom. The number of imide groups is 1. The van der Waals surface area contributed by atoms with Gasteiger partial charge in [0.15, 0.2) is 0 Å². The molecule has 2 aliphatic heterocycles. The van der Waals surface area contributed by atoms with E-state index in [1.807, 2.05) is 13.0 Å². The van der Waals surface area contributed by atoms with Crippen LogP contribution >= 0.6 is 0 Å². The van der Waals surface area contributed by atoms with E-state index in [0.717, 1.165) is 11.4 Å². The summed E-state index contributed by atoms with van der Waals surface area (Å²) >= 11 is 0. The Kier molecular flexibility index (Phi) is 4.05. The van der Waals surface area contributed by atoms with Crippen molar-refractivity contribution < 1.29 is 9.59 Å². The van der Waals surface area contributed by atoms with Crippen LogP contribution in [0.1, 0.15) is 32.4 Å². The molecule has 2 aromatic heterocycles. The van der Waals surface area contributed by atoms with Crippen molar-refractivity contribution in [1.82, 2.24) is 29.6 Å². The third-order valence-corrected chi connectivity index (χ3v) is 5.59. The summed E-state index contributed by atoms with van der Waals surface area (Å²) in [5.74, 6) is 0.230. The highest BCUT2D eigenvalue weighted by atomic mass is 16.2. The first kappa shape index (κ1) is 17.7. The molecule has 2 saturated heterocycles. The molecule has 3 amide bonds. The number of amides is 3. The van der Waals surface area contributed by atoms with E-state index < -0.39 is 5.54 Å². The highest BCUT2D eigenvalue weighted by Crippen LogP contribution is 2.38. The molecule has 2 aromatic rings. The SMILES string of the molecule is Cc1cc(N2CCC3(CC2)C(=O)N(C)C(=O)N3CC(C)C)c2nncn2n1. The maximum absolute atomic E-state index is 13.0. The van der Waals surface area contributed by atoms with E-state index in [0.29, 0.717) is 44.0 Å². The summed E-state index contributed by atoms with van der Waals surface area (Å²) < 4.78 is 1.68. The van der Waals surface area contributed by atoms with Gasteiger partial charge in [0, 0.05) is 26.7 Å².